The van der Waals surface area contributed by atoms with Crippen molar-refractivity contribution in [3.8, 4) is 22.6 Å². The fraction of sp³-hybridized carbons (Fsp3) is 0.308. The van der Waals surface area contributed by atoms with Gasteiger partial charge in [-0.1, -0.05) is 60.7 Å². The Hall–Kier alpha value is -2.78. The third-order valence-electron chi connectivity index (χ3n) is 5.39. The maximum atomic E-state index is 6.36. The SMILES string of the molecule is CC(NC[C@@H]1CC(C)(C)Oc2cc(-c3ccccc3)ccc21)Oc1ccccc1. The van der Waals surface area contributed by atoms with Crippen LogP contribution >= 0.6 is 0 Å². The van der Waals surface area contributed by atoms with E-state index in [0.29, 0.717) is 5.92 Å². The monoisotopic (exact) mass is 387 g/mol. The lowest BCUT2D eigenvalue weighted by atomic mass is 9.83. The van der Waals surface area contributed by atoms with Gasteiger partial charge in [0.1, 0.15) is 23.3 Å². The fourth-order valence-corrected chi connectivity index (χ4v) is 4.05. The molecule has 0 fully saturated rings. The average molecular weight is 388 g/mol. The first-order chi connectivity index (χ1) is 14.0. The Morgan fingerprint density at radius 2 is 1.66 bits per heavy atom. The van der Waals surface area contributed by atoms with Crippen LogP contribution in [0.3, 0.4) is 0 Å². The Morgan fingerprint density at radius 3 is 2.38 bits per heavy atom. The van der Waals surface area contributed by atoms with Crippen molar-refractivity contribution in [3.63, 3.8) is 0 Å². The summed E-state index contributed by atoms with van der Waals surface area (Å²) < 4.78 is 12.3. The first kappa shape index (κ1) is 19.5. The summed E-state index contributed by atoms with van der Waals surface area (Å²) in [6.45, 7) is 7.24. The van der Waals surface area contributed by atoms with E-state index in [-0.39, 0.29) is 11.8 Å². The van der Waals surface area contributed by atoms with Crippen LogP contribution in [0.5, 0.6) is 11.5 Å². The molecule has 0 radical (unpaired) electrons. The standard InChI is InChI=1S/C26H29NO2/c1-19(28-23-12-8-5-9-13-23)27-18-22-17-26(2,3)29-25-16-21(14-15-24(22)25)20-10-6-4-7-11-20/h4-16,19,22,27H,17-18H2,1-3H3/t19?,22-/m0/s1. The highest BCUT2D eigenvalue weighted by Crippen LogP contribution is 2.42. The summed E-state index contributed by atoms with van der Waals surface area (Å²) in [6, 6.07) is 27.0. The van der Waals surface area contributed by atoms with Gasteiger partial charge in [-0.3, -0.25) is 5.32 Å². The molecule has 0 aliphatic carbocycles. The molecular weight excluding hydrogens is 358 g/mol. The van der Waals surface area contributed by atoms with E-state index in [9.17, 15) is 0 Å². The number of nitrogens with one attached hydrogen (secondary N) is 1. The zero-order valence-electron chi connectivity index (χ0n) is 17.4. The van der Waals surface area contributed by atoms with Crippen molar-refractivity contribution < 1.29 is 9.47 Å². The lowest BCUT2D eigenvalue weighted by Crippen LogP contribution is -2.41. The van der Waals surface area contributed by atoms with Crippen molar-refractivity contribution in [2.45, 2.75) is 44.9 Å². The Kier molecular flexibility index (Phi) is 5.59. The minimum Gasteiger partial charge on any atom is -0.488 e. The average Bonchev–Trinajstić information content (AvgIpc) is 2.72. The van der Waals surface area contributed by atoms with Crippen LogP contribution in [0.15, 0.2) is 78.9 Å². The molecule has 29 heavy (non-hydrogen) atoms. The smallest absolute Gasteiger partial charge is 0.147 e. The van der Waals surface area contributed by atoms with E-state index in [1.165, 1.54) is 16.7 Å². The number of rotatable bonds is 6. The van der Waals surface area contributed by atoms with Crippen molar-refractivity contribution >= 4 is 0 Å². The summed E-state index contributed by atoms with van der Waals surface area (Å²) in [4.78, 5) is 0. The third kappa shape index (κ3) is 4.80. The van der Waals surface area contributed by atoms with Crippen LogP contribution in [0.4, 0.5) is 0 Å². The molecule has 0 saturated carbocycles. The predicted octanol–water partition coefficient (Wildman–Crippen LogP) is 6.01. The summed E-state index contributed by atoms with van der Waals surface area (Å²) in [5.41, 5.74) is 3.47. The van der Waals surface area contributed by atoms with Crippen LogP contribution in [0.1, 0.15) is 38.7 Å². The van der Waals surface area contributed by atoms with Gasteiger partial charge in [0.25, 0.3) is 0 Å². The van der Waals surface area contributed by atoms with E-state index in [0.717, 1.165) is 24.5 Å². The predicted molar refractivity (Wildman–Crippen MR) is 118 cm³/mol. The van der Waals surface area contributed by atoms with Crippen molar-refractivity contribution in [3.05, 3.63) is 84.4 Å². The number of fused-ring (bicyclic) bond motifs is 1. The number of hydrogen-bond acceptors (Lipinski definition) is 3. The number of benzene rings is 3. The maximum Gasteiger partial charge on any atom is 0.147 e. The molecule has 3 nitrogen and oxygen atoms in total. The first-order valence-corrected chi connectivity index (χ1v) is 10.3. The van der Waals surface area contributed by atoms with Crippen molar-refractivity contribution in [2.24, 2.45) is 0 Å². The Morgan fingerprint density at radius 1 is 0.966 bits per heavy atom. The van der Waals surface area contributed by atoms with Crippen LogP contribution in [0.25, 0.3) is 11.1 Å². The maximum absolute atomic E-state index is 6.36. The molecule has 4 rings (SSSR count). The zero-order chi connectivity index (χ0) is 20.3. The van der Waals surface area contributed by atoms with Gasteiger partial charge in [-0.15, -0.1) is 0 Å². The van der Waals surface area contributed by atoms with E-state index in [4.69, 9.17) is 9.47 Å². The lowest BCUT2D eigenvalue weighted by Gasteiger charge is -2.38. The molecule has 3 aromatic rings. The van der Waals surface area contributed by atoms with Crippen LogP contribution < -0.4 is 14.8 Å². The van der Waals surface area contributed by atoms with Gasteiger partial charge in [-0.05, 0) is 62.1 Å². The normalized spacial score (nSPS) is 18.4. The lowest BCUT2D eigenvalue weighted by molar-refractivity contribution is 0.0685. The number of para-hydroxylation sites is 1. The van der Waals surface area contributed by atoms with Gasteiger partial charge in [-0.25, -0.2) is 0 Å². The van der Waals surface area contributed by atoms with Crippen molar-refractivity contribution in [1.29, 1.82) is 0 Å². The Balaban J connectivity index is 1.50. The molecule has 0 bridgehead atoms. The molecule has 3 heteroatoms. The molecule has 0 aromatic heterocycles. The second kappa shape index (κ2) is 8.30. The summed E-state index contributed by atoms with van der Waals surface area (Å²) >= 11 is 0. The fourth-order valence-electron chi connectivity index (χ4n) is 4.05. The third-order valence-corrected chi connectivity index (χ3v) is 5.39. The second-order valence-corrected chi connectivity index (χ2v) is 8.36. The molecule has 1 aliphatic rings. The number of hydrogen-bond donors (Lipinski definition) is 1. The van der Waals surface area contributed by atoms with Gasteiger partial charge >= 0.3 is 0 Å². The van der Waals surface area contributed by atoms with E-state index >= 15 is 0 Å². The summed E-state index contributed by atoms with van der Waals surface area (Å²) in [6.07, 6.45) is 0.908. The zero-order valence-corrected chi connectivity index (χ0v) is 17.4. The molecule has 1 N–H and O–H groups in total. The first-order valence-electron chi connectivity index (χ1n) is 10.3. The van der Waals surface area contributed by atoms with Gasteiger partial charge in [0.05, 0.1) is 0 Å². The highest BCUT2D eigenvalue weighted by Gasteiger charge is 2.34. The van der Waals surface area contributed by atoms with Crippen molar-refractivity contribution in [2.75, 3.05) is 6.54 Å². The molecular formula is C26H29NO2. The molecule has 150 valence electrons. The van der Waals surface area contributed by atoms with Gasteiger partial charge in [0.15, 0.2) is 0 Å². The molecule has 1 heterocycles. The van der Waals surface area contributed by atoms with E-state index in [2.05, 4.69) is 68.6 Å². The van der Waals surface area contributed by atoms with E-state index in [1.807, 2.05) is 36.4 Å². The minimum absolute atomic E-state index is 0.0598. The van der Waals surface area contributed by atoms with Gasteiger partial charge in [-0.2, -0.15) is 0 Å². The topological polar surface area (TPSA) is 30.5 Å². The van der Waals surface area contributed by atoms with E-state index in [1.54, 1.807) is 0 Å². The molecule has 1 unspecified atom stereocenters. The Bertz CT molecular complexity index is 937. The van der Waals surface area contributed by atoms with Gasteiger partial charge < -0.3 is 9.47 Å². The minimum atomic E-state index is -0.196. The molecule has 2 atom stereocenters. The molecule has 0 saturated heterocycles. The van der Waals surface area contributed by atoms with Crippen LogP contribution in [0, 0.1) is 0 Å². The highest BCUT2D eigenvalue weighted by molar-refractivity contribution is 5.66. The van der Waals surface area contributed by atoms with Crippen LogP contribution in [-0.2, 0) is 0 Å². The van der Waals surface area contributed by atoms with Crippen LogP contribution in [0.2, 0.25) is 0 Å². The molecule has 3 aromatic carbocycles. The van der Waals surface area contributed by atoms with Crippen LogP contribution in [-0.4, -0.2) is 18.4 Å². The second-order valence-electron chi connectivity index (χ2n) is 8.36. The number of ether oxygens (including phenoxy) is 2. The Labute approximate surface area is 173 Å². The molecule has 0 amide bonds. The van der Waals surface area contributed by atoms with E-state index < -0.39 is 0 Å². The quantitative estimate of drug-likeness (QED) is 0.525. The summed E-state index contributed by atoms with van der Waals surface area (Å²) in [5, 5.41) is 3.55. The summed E-state index contributed by atoms with van der Waals surface area (Å²) in [5.74, 6) is 2.25. The van der Waals surface area contributed by atoms with Crippen molar-refractivity contribution in [1.82, 2.24) is 5.32 Å². The summed E-state index contributed by atoms with van der Waals surface area (Å²) in [7, 11) is 0. The molecule has 1 aliphatic heterocycles. The largest absolute Gasteiger partial charge is 0.488 e. The highest BCUT2D eigenvalue weighted by atomic mass is 16.5. The molecule has 0 spiro atoms. The van der Waals surface area contributed by atoms with Gasteiger partial charge in [0, 0.05) is 12.5 Å². The van der Waals surface area contributed by atoms with Gasteiger partial charge in [0.2, 0.25) is 0 Å².